The topological polar surface area (TPSA) is 35.0 Å². The van der Waals surface area contributed by atoms with E-state index in [0.717, 1.165) is 16.6 Å². The van der Waals surface area contributed by atoms with Crippen LogP contribution >= 0.6 is 22.9 Å². The summed E-state index contributed by atoms with van der Waals surface area (Å²) in [5.74, 6) is 0.989. The summed E-state index contributed by atoms with van der Waals surface area (Å²) in [6, 6.07) is 2.07. The molecule has 0 amide bonds. The number of halogens is 1. The van der Waals surface area contributed by atoms with Crippen molar-refractivity contribution < 1.29 is 4.74 Å². The van der Waals surface area contributed by atoms with Crippen LogP contribution in [0.25, 0.3) is 10.2 Å². The number of fused-ring (bicyclic) bond motifs is 1. The van der Waals surface area contributed by atoms with Crippen LogP contribution in [0.3, 0.4) is 0 Å². The minimum Gasteiger partial charge on any atom is -0.373 e. The molecule has 98 valence electrons. The van der Waals surface area contributed by atoms with Crippen molar-refractivity contribution in [3.8, 4) is 0 Å². The Morgan fingerprint density at radius 1 is 1.39 bits per heavy atom. The molecule has 0 saturated carbocycles. The third-order valence-corrected chi connectivity index (χ3v) is 4.34. The maximum atomic E-state index is 6.24. The molecule has 0 spiro atoms. The molecule has 0 fully saturated rings. The van der Waals surface area contributed by atoms with E-state index in [4.69, 9.17) is 16.3 Å². The van der Waals surface area contributed by atoms with Gasteiger partial charge in [0.25, 0.3) is 0 Å². The Labute approximate surface area is 116 Å². The first-order chi connectivity index (χ1) is 8.56. The second kappa shape index (κ2) is 5.51. The molecular weight excluding hydrogens is 268 g/mol. The van der Waals surface area contributed by atoms with Gasteiger partial charge in [0.05, 0.1) is 0 Å². The summed E-state index contributed by atoms with van der Waals surface area (Å²) < 4.78 is 5.46. The second-order valence-electron chi connectivity index (χ2n) is 4.56. The fourth-order valence-electron chi connectivity index (χ4n) is 1.93. The summed E-state index contributed by atoms with van der Waals surface area (Å²) >= 11 is 7.91. The quantitative estimate of drug-likeness (QED) is 0.787. The first-order valence-corrected chi connectivity index (χ1v) is 7.24. The van der Waals surface area contributed by atoms with Crippen molar-refractivity contribution in [1.29, 1.82) is 0 Å². The van der Waals surface area contributed by atoms with E-state index in [9.17, 15) is 0 Å². The van der Waals surface area contributed by atoms with E-state index in [-0.39, 0.29) is 6.10 Å². The molecule has 18 heavy (non-hydrogen) atoms. The second-order valence-corrected chi connectivity index (χ2v) is 6.03. The van der Waals surface area contributed by atoms with Crippen molar-refractivity contribution in [3.05, 3.63) is 21.9 Å². The maximum absolute atomic E-state index is 6.24. The highest BCUT2D eigenvalue weighted by molar-refractivity contribution is 7.18. The summed E-state index contributed by atoms with van der Waals surface area (Å²) in [6.07, 6.45) is 0.879. The lowest BCUT2D eigenvalue weighted by molar-refractivity contribution is 0.0578. The van der Waals surface area contributed by atoms with Crippen LogP contribution in [0.5, 0.6) is 0 Å². The van der Waals surface area contributed by atoms with Crippen LogP contribution < -0.4 is 0 Å². The summed E-state index contributed by atoms with van der Waals surface area (Å²) in [5, 5.41) is 1.47. The normalized spacial score (nSPS) is 13.4. The first-order valence-electron chi connectivity index (χ1n) is 6.05. The molecule has 2 aromatic rings. The van der Waals surface area contributed by atoms with Crippen molar-refractivity contribution >= 4 is 33.2 Å². The van der Waals surface area contributed by atoms with Gasteiger partial charge in [0.15, 0.2) is 5.82 Å². The number of nitrogens with zero attached hydrogens (tertiary/aromatic N) is 2. The van der Waals surface area contributed by atoms with Gasteiger partial charge in [0.1, 0.15) is 16.1 Å². The molecule has 0 aliphatic carbocycles. The molecule has 1 atom stereocenters. The molecule has 5 heteroatoms. The highest BCUT2D eigenvalue weighted by Crippen LogP contribution is 2.32. The Kier molecular flexibility index (Phi) is 4.20. The Balaban J connectivity index is 2.53. The van der Waals surface area contributed by atoms with Gasteiger partial charge >= 0.3 is 0 Å². The Morgan fingerprint density at radius 2 is 2.11 bits per heavy atom. The first kappa shape index (κ1) is 13.7. The lowest BCUT2D eigenvalue weighted by atomic mass is 10.1. The Hall–Kier alpha value is -0.710. The molecule has 2 rings (SSSR count). The molecule has 3 nitrogen and oxygen atoms in total. The smallest absolute Gasteiger partial charge is 0.160 e. The molecule has 0 N–H and O–H groups in total. The van der Waals surface area contributed by atoms with E-state index in [1.54, 1.807) is 18.4 Å². The van der Waals surface area contributed by atoms with Crippen molar-refractivity contribution in [2.45, 2.75) is 33.3 Å². The molecule has 1 unspecified atom stereocenters. The average Bonchev–Trinajstić information content (AvgIpc) is 2.73. The van der Waals surface area contributed by atoms with Crippen molar-refractivity contribution in [1.82, 2.24) is 9.97 Å². The van der Waals surface area contributed by atoms with Gasteiger partial charge in [-0.1, -0.05) is 32.4 Å². The van der Waals surface area contributed by atoms with E-state index in [2.05, 4.69) is 36.8 Å². The molecule has 0 aliphatic heterocycles. The summed E-state index contributed by atoms with van der Waals surface area (Å²) in [7, 11) is 1.68. The van der Waals surface area contributed by atoms with Gasteiger partial charge in [0, 0.05) is 17.4 Å². The van der Waals surface area contributed by atoms with Gasteiger partial charge in [0.2, 0.25) is 0 Å². The van der Waals surface area contributed by atoms with Gasteiger partial charge in [-0.15, -0.1) is 11.3 Å². The van der Waals surface area contributed by atoms with Gasteiger partial charge in [-0.25, -0.2) is 9.97 Å². The lowest BCUT2D eigenvalue weighted by Crippen LogP contribution is -2.12. The highest BCUT2D eigenvalue weighted by atomic mass is 35.5. The number of ether oxygens (including phenoxy) is 1. The van der Waals surface area contributed by atoms with E-state index in [1.807, 2.05) is 0 Å². The average molecular weight is 285 g/mol. The third kappa shape index (κ3) is 2.51. The number of aryl methyl sites for hydroxylation is 1. The SMILES string of the molecule is CCc1cc2c(Cl)nc(C(OC)C(C)C)nc2s1. The van der Waals surface area contributed by atoms with Gasteiger partial charge in [-0.05, 0) is 18.4 Å². The van der Waals surface area contributed by atoms with Crippen LogP contribution in [0.2, 0.25) is 5.15 Å². The van der Waals surface area contributed by atoms with E-state index >= 15 is 0 Å². The molecule has 0 aliphatic rings. The molecule has 0 radical (unpaired) electrons. The van der Waals surface area contributed by atoms with E-state index < -0.39 is 0 Å². The van der Waals surface area contributed by atoms with Crippen molar-refractivity contribution in [2.24, 2.45) is 5.92 Å². The van der Waals surface area contributed by atoms with Crippen LogP contribution in [0.1, 0.15) is 37.6 Å². The molecule has 0 bridgehead atoms. The standard InChI is InChI=1S/C13H17ClN2OS/c1-5-8-6-9-11(14)15-12(16-13(9)18-8)10(17-4)7(2)3/h6-7,10H,5H2,1-4H3. The van der Waals surface area contributed by atoms with Gasteiger partial charge < -0.3 is 4.74 Å². The van der Waals surface area contributed by atoms with Gasteiger partial charge in [-0.3, -0.25) is 0 Å². The van der Waals surface area contributed by atoms with Gasteiger partial charge in [-0.2, -0.15) is 0 Å². The zero-order valence-corrected chi connectivity index (χ0v) is 12.6. The fourth-order valence-corrected chi connectivity index (χ4v) is 3.19. The Morgan fingerprint density at radius 3 is 2.67 bits per heavy atom. The predicted molar refractivity (Wildman–Crippen MR) is 76.4 cm³/mol. The number of aromatic nitrogens is 2. The lowest BCUT2D eigenvalue weighted by Gasteiger charge is -2.17. The van der Waals surface area contributed by atoms with Crippen molar-refractivity contribution in [3.63, 3.8) is 0 Å². The third-order valence-electron chi connectivity index (χ3n) is 2.88. The minimum absolute atomic E-state index is 0.112. The van der Waals surface area contributed by atoms with Crippen molar-refractivity contribution in [2.75, 3.05) is 7.11 Å². The number of hydrogen-bond donors (Lipinski definition) is 0. The van der Waals surface area contributed by atoms with Crippen LogP contribution in [0.4, 0.5) is 0 Å². The molecular formula is C13H17ClN2OS. The summed E-state index contributed by atoms with van der Waals surface area (Å²) in [4.78, 5) is 11.2. The zero-order valence-electron chi connectivity index (χ0n) is 11.0. The van der Waals surface area contributed by atoms with Crippen LogP contribution in [-0.2, 0) is 11.2 Å². The van der Waals surface area contributed by atoms with Crippen LogP contribution in [0.15, 0.2) is 6.07 Å². The van der Waals surface area contributed by atoms with E-state index in [1.165, 1.54) is 4.88 Å². The monoisotopic (exact) mass is 284 g/mol. The van der Waals surface area contributed by atoms with Crippen LogP contribution in [-0.4, -0.2) is 17.1 Å². The molecule has 2 heterocycles. The van der Waals surface area contributed by atoms with Crippen LogP contribution in [0, 0.1) is 5.92 Å². The summed E-state index contributed by atoms with van der Waals surface area (Å²) in [5.41, 5.74) is 0. The maximum Gasteiger partial charge on any atom is 0.160 e. The largest absolute Gasteiger partial charge is 0.373 e. The number of hydrogen-bond acceptors (Lipinski definition) is 4. The predicted octanol–water partition coefficient (Wildman–Crippen LogP) is 4.25. The molecule has 2 aromatic heterocycles. The number of rotatable bonds is 4. The molecule has 0 aromatic carbocycles. The number of thiophene rings is 1. The zero-order chi connectivity index (χ0) is 13.3. The number of methoxy groups -OCH3 is 1. The molecule has 0 saturated heterocycles. The minimum atomic E-state index is -0.112. The summed E-state index contributed by atoms with van der Waals surface area (Å²) in [6.45, 7) is 6.29. The Bertz CT molecular complexity index is 553. The highest BCUT2D eigenvalue weighted by Gasteiger charge is 2.20. The fraction of sp³-hybridized carbons (Fsp3) is 0.538. The van der Waals surface area contributed by atoms with E-state index in [0.29, 0.717) is 16.9 Å².